The normalized spacial score (nSPS) is 17.5. The fourth-order valence-electron chi connectivity index (χ4n) is 4.46. The number of rotatable bonds is 10. The summed E-state index contributed by atoms with van der Waals surface area (Å²) in [6.45, 7) is 2.49. The molecule has 0 saturated carbocycles. The summed E-state index contributed by atoms with van der Waals surface area (Å²) in [5.41, 5.74) is 3.03. The van der Waals surface area contributed by atoms with Crippen LogP contribution in [0, 0.1) is 12.8 Å². The summed E-state index contributed by atoms with van der Waals surface area (Å²) in [4.78, 5) is 24.6. The van der Waals surface area contributed by atoms with Crippen LogP contribution in [0.3, 0.4) is 0 Å². The van der Waals surface area contributed by atoms with Gasteiger partial charge in [-0.25, -0.2) is 8.42 Å². The third kappa shape index (κ3) is 7.94. The zero-order chi connectivity index (χ0) is 28.7. The number of nitrogens with one attached hydrogen (secondary N) is 2. The van der Waals surface area contributed by atoms with E-state index in [0.717, 1.165) is 11.1 Å². The fraction of sp³-hybridized carbons (Fsp3) is 0.267. The van der Waals surface area contributed by atoms with Crippen molar-refractivity contribution >= 4 is 33.5 Å². The van der Waals surface area contributed by atoms with Crippen LogP contribution in [0.1, 0.15) is 28.7 Å². The maximum Gasteiger partial charge on any atom is 0.307 e. The molecule has 10 heteroatoms. The Morgan fingerprint density at radius 1 is 1.07 bits per heavy atom. The van der Waals surface area contributed by atoms with Gasteiger partial charge in [-0.05, 0) is 66.8 Å². The SMILES string of the molecule is Cc1ccc(S(=O)(=O)NC2C(=O)NCCC=CC2Cc2cc(CC(=O)O)ccc2OCc2ccc(Cl)cc2)cc1. The summed E-state index contributed by atoms with van der Waals surface area (Å²) >= 11 is 5.99. The van der Waals surface area contributed by atoms with Crippen LogP contribution in [0.2, 0.25) is 5.02 Å². The molecule has 0 aliphatic carbocycles. The standard InChI is InChI=1S/C30H31ClN2O6S/c1-20-5-12-26(13-6-20)40(37,38)33-29-23(4-2-3-15-32-30(29)36)18-24-16-22(17-28(34)35)9-14-27(24)39-19-21-7-10-25(31)11-8-21/h2,4-14,16,23,29,33H,3,15,17-19H2,1H3,(H,32,36)(H,34,35). The molecule has 0 bridgehead atoms. The number of sulfonamides is 1. The predicted molar refractivity (Wildman–Crippen MR) is 153 cm³/mol. The number of carboxylic acids is 1. The minimum Gasteiger partial charge on any atom is -0.489 e. The van der Waals surface area contributed by atoms with Crippen LogP contribution < -0.4 is 14.8 Å². The van der Waals surface area contributed by atoms with Gasteiger partial charge >= 0.3 is 5.97 Å². The lowest BCUT2D eigenvalue weighted by atomic mass is 9.89. The summed E-state index contributed by atoms with van der Waals surface area (Å²) in [7, 11) is -4.01. The molecule has 1 aliphatic rings. The molecule has 3 aromatic rings. The van der Waals surface area contributed by atoms with E-state index in [0.29, 0.717) is 34.9 Å². The van der Waals surface area contributed by atoms with Crippen LogP contribution in [-0.4, -0.2) is 38.0 Å². The van der Waals surface area contributed by atoms with Crippen molar-refractivity contribution in [3.05, 3.63) is 106 Å². The van der Waals surface area contributed by atoms with Crippen molar-refractivity contribution in [1.29, 1.82) is 0 Å². The molecule has 3 aromatic carbocycles. The van der Waals surface area contributed by atoms with Crippen molar-refractivity contribution in [2.75, 3.05) is 6.54 Å². The first-order valence-electron chi connectivity index (χ1n) is 12.8. The summed E-state index contributed by atoms with van der Waals surface area (Å²) in [5, 5.41) is 12.7. The van der Waals surface area contributed by atoms with Crippen LogP contribution in [-0.2, 0) is 39.1 Å². The lowest BCUT2D eigenvalue weighted by Gasteiger charge is -2.27. The molecule has 1 aliphatic heterocycles. The molecule has 1 heterocycles. The molecule has 4 rings (SSSR count). The van der Waals surface area contributed by atoms with Crippen LogP contribution in [0.4, 0.5) is 0 Å². The molecule has 3 N–H and O–H groups in total. The first kappa shape index (κ1) is 29.3. The van der Waals surface area contributed by atoms with Crippen molar-refractivity contribution in [2.45, 2.75) is 43.7 Å². The van der Waals surface area contributed by atoms with E-state index < -0.39 is 33.9 Å². The highest BCUT2D eigenvalue weighted by atomic mass is 35.5. The average Bonchev–Trinajstić information content (AvgIpc) is 2.90. The third-order valence-electron chi connectivity index (χ3n) is 6.56. The third-order valence-corrected chi connectivity index (χ3v) is 8.27. The van der Waals surface area contributed by atoms with E-state index in [1.807, 2.05) is 31.2 Å². The van der Waals surface area contributed by atoms with E-state index >= 15 is 0 Å². The molecule has 2 atom stereocenters. The van der Waals surface area contributed by atoms with E-state index in [1.54, 1.807) is 42.5 Å². The Bertz CT molecular complexity index is 1490. The van der Waals surface area contributed by atoms with Gasteiger partial charge in [-0.1, -0.05) is 65.7 Å². The van der Waals surface area contributed by atoms with Gasteiger partial charge < -0.3 is 15.2 Å². The molecular formula is C30H31ClN2O6S. The van der Waals surface area contributed by atoms with Crippen molar-refractivity contribution < 1.29 is 27.9 Å². The van der Waals surface area contributed by atoms with Gasteiger partial charge in [0.1, 0.15) is 18.4 Å². The van der Waals surface area contributed by atoms with Crippen molar-refractivity contribution in [2.24, 2.45) is 5.92 Å². The average molecular weight is 583 g/mol. The fourth-order valence-corrected chi connectivity index (χ4v) is 5.83. The van der Waals surface area contributed by atoms with Gasteiger partial charge in [-0.15, -0.1) is 0 Å². The zero-order valence-corrected chi connectivity index (χ0v) is 23.5. The smallest absolute Gasteiger partial charge is 0.307 e. The summed E-state index contributed by atoms with van der Waals surface area (Å²) in [6.07, 6.45) is 4.39. The molecular weight excluding hydrogens is 552 g/mol. The first-order chi connectivity index (χ1) is 19.1. The number of halogens is 1. The van der Waals surface area contributed by atoms with E-state index in [4.69, 9.17) is 16.3 Å². The number of carboxylic acid groups (broad SMARTS) is 1. The van der Waals surface area contributed by atoms with Crippen LogP contribution in [0.5, 0.6) is 5.75 Å². The molecule has 8 nitrogen and oxygen atoms in total. The zero-order valence-electron chi connectivity index (χ0n) is 22.0. The van der Waals surface area contributed by atoms with E-state index in [-0.39, 0.29) is 24.3 Å². The van der Waals surface area contributed by atoms with E-state index in [1.165, 1.54) is 12.1 Å². The second-order valence-electron chi connectivity index (χ2n) is 9.72. The molecule has 0 spiro atoms. The van der Waals surface area contributed by atoms with Crippen LogP contribution in [0.25, 0.3) is 0 Å². The number of aryl methyl sites for hydroxylation is 1. The second-order valence-corrected chi connectivity index (χ2v) is 11.9. The molecule has 1 amide bonds. The Kier molecular flexibility index (Phi) is 9.63. The monoisotopic (exact) mass is 582 g/mol. The molecule has 0 radical (unpaired) electrons. The van der Waals surface area contributed by atoms with Gasteiger partial charge in [-0.2, -0.15) is 4.72 Å². The first-order valence-corrected chi connectivity index (χ1v) is 14.7. The Morgan fingerprint density at radius 3 is 2.48 bits per heavy atom. The Balaban J connectivity index is 1.65. The Hall–Kier alpha value is -3.66. The quantitative estimate of drug-likeness (QED) is 0.304. The highest BCUT2D eigenvalue weighted by molar-refractivity contribution is 7.89. The van der Waals surface area contributed by atoms with Crippen LogP contribution >= 0.6 is 11.6 Å². The number of carbonyl (C=O) groups excluding carboxylic acids is 1. The minimum absolute atomic E-state index is 0.0612. The second kappa shape index (κ2) is 13.1. The van der Waals surface area contributed by atoms with E-state index in [9.17, 15) is 23.1 Å². The molecule has 0 saturated heterocycles. The Labute approximate surface area is 239 Å². The largest absolute Gasteiger partial charge is 0.489 e. The lowest BCUT2D eigenvalue weighted by Crippen LogP contribution is -2.51. The maximum atomic E-state index is 13.3. The number of hydrogen-bond donors (Lipinski definition) is 3. The summed E-state index contributed by atoms with van der Waals surface area (Å²) in [5.74, 6) is -1.47. The van der Waals surface area contributed by atoms with Gasteiger partial charge in [0.15, 0.2) is 0 Å². The molecule has 2 unspecified atom stereocenters. The van der Waals surface area contributed by atoms with E-state index in [2.05, 4.69) is 10.0 Å². The highest BCUT2D eigenvalue weighted by Crippen LogP contribution is 2.28. The van der Waals surface area contributed by atoms with Gasteiger partial charge in [0, 0.05) is 17.5 Å². The predicted octanol–water partition coefficient (Wildman–Crippen LogP) is 4.44. The number of ether oxygens (including phenoxy) is 1. The lowest BCUT2D eigenvalue weighted by molar-refractivity contribution is -0.136. The molecule has 210 valence electrons. The molecule has 0 fully saturated rings. The van der Waals surface area contributed by atoms with Crippen molar-refractivity contribution in [1.82, 2.24) is 10.0 Å². The Morgan fingerprint density at radius 2 is 1.77 bits per heavy atom. The summed E-state index contributed by atoms with van der Waals surface area (Å²) < 4.78 is 35.2. The molecule has 0 aromatic heterocycles. The van der Waals surface area contributed by atoms with Crippen molar-refractivity contribution in [3.8, 4) is 5.75 Å². The number of carbonyl (C=O) groups is 2. The number of amides is 1. The maximum absolute atomic E-state index is 13.3. The van der Waals surface area contributed by atoms with Gasteiger partial charge in [0.05, 0.1) is 11.3 Å². The topological polar surface area (TPSA) is 122 Å². The number of aliphatic carboxylic acids is 1. The highest BCUT2D eigenvalue weighted by Gasteiger charge is 2.33. The van der Waals surface area contributed by atoms with Gasteiger partial charge in [0.25, 0.3) is 0 Å². The molecule has 40 heavy (non-hydrogen) atoms. The summed E-state index contributed by atoms with van der Waals surface area (Å²) in [6, 6.07) is 17.6. The van der Waals surface area contributed by atoms with Gasteiger partial charge in [-0.3, -0.25) is 9.59 Å². The number of benzene rings is 3. The van der Waals surface area contributed by atoms with Crippen LogP contribution in [0.15, 0.2) is 83.8 Å². The minimum atomic E-state index is -4.01. The van der Waals surface area contributed by atoms with Gasteiger partial charge in [0.2, 0.25) is 15.9 Å². The number of hydrogen-bond acceptors (Lipinski definition) is 5. The van der Waals surface area contributed by atoms with Crippen molar-refractivity contribution in [3.63, 3.8) is 0 Å².